The number of nitrogens with two attached hydrogens (primary N) is 1. The maximum atomic E-state index is 12.2. The average Bonchev–Trinajstić information content (AvgIpc) is 2.89. The monoisotopic (exact) mass is 296 g/mol. The van der Waals surface area contributed by atoms with Gasteiger partial charge in [-0.05, 0) is 23.8 Å². The van der Waals surface area contributed by atoms with Crippen LogP contribution in [0.5, 0.6) is 0 Å². The minimum absolute atomic E-state index is 0. The molecule has 1 heterocycles. The smallest absolute Gasteiger partial charge is 0.224 e. The number of carbonyl (C=O) groups excluding carboxylic acids is 1. The van der Waals surface area contributed by atoms with Crippen molar-refractivity contribution in [2.75, 3.05) is 13.1 Å². The largest absolute Gasteiger partial charge is 0.342 e. The number of nitrogens with zero attached hydrogens (tertiary/aromatic N) is 1. The molecule has 2 rings (SSSR count). The Hall–Kier alpha value is -1.06. The Bertz CT molecular complexity index is 422. The molecule has 1 aliphatic rings. The molecule has 1 aliphatic heterocycles. The first-order chi connectivity index (χ1) is 9.08. The summed E-state index contributed by atoms with van der Waals surface area (Å²) in [7, 11) is 0. The zero-order valence-corrected chi connectivity index (χ0v) is 13.1. The van der Waals surface area contributed by atoms with E-state index in [0.717, 1.165) is 25.1 Å². The van der Waals surface area contributed by atoms with E-state index in [1.807, 2.05) is 35.2 Å². The summed E-state index contributed by atoms with van der Waals surface area (Å²) in [6.45, 7) is 6.25. The molecule has 20 heavy (non-hydrogen) atoms. The second-order valence-corrected chi connectivity index (χ2v) is 5.85. The fourth-order valence-electron chi connectivity index (χ4n) is 2.69. The van der Waals surface area contributed by atoms with Crippen LogP contribution in [0, 0.1) is 11.8 Å². The Morgan fingerprint density at radius 3 is 2.55 bits per heavy atom. The van der Waals surface area contributed by atoms with Crippen LogP contribution in [0.3, 0.4) is 0 Å². The quantitative estimate of drug-likeness (QED) is 0.928. The number of likely N-dealkylation sites (tertiary alicyclic amines) is 1. The molecule has 0 radical (unpaired) electrons. The van der Waals surface area contributed by atoms with Gasteiger partial charge in [0.05, 0.1) is 0 Å². The minimum Gasteiger partial charge on any atom is -0.342 e. The van der Waals surface area contributed by atoms with Crippen LogP contribution in [-0.4, -0.2) is 23.9 Å². The number of rotatable bonds is 4. The highest BCUT2D eigenvalue weighted by Gasteiger charge is 2.28. The Labute approximate surface area is 127 Å². The third-order valence-electron chi connectivity index (χ3n) is 4.14. The first kappa shape index (κ1) is 17.0. The van der Waals surface area contributed by atoms with Gasteiger partial charge in [-0.15, -0.1) is 12.4 Å². The van der Waals surface area contributed by atoms with Crippen LogP contribution < -0.4 is 5.73 Å². The summed E-state index contributed by atoms with van der Waals surface area (Å²) in [6, 6.07) is 9.67. The van der Waals surface area contributed by atoms with Gasteiger partial charge in [-0.25, -0.2) is 0 Å². The van der Waals surface area contributed by atoms with Crippen molar-refractivity contribution in [1.82, 2.24) is 4.90 Å². The van der Waals surface area contributed by atoms with Gasteiger partial charge >= 0.3 is 0 Å². The van der Waals surface area contributed by atoms with Gasteiger partial charge in [0.2, 0.25) is 5.91 Å². The van der Waals surface area contributed by atoms with Crippen molar-refractivity contribution in [3.05, 3.63) is 35.9 Å². The second kappa shape index (κ2) is 7.65. The minimum atomic E-state index is -0.188. The van der Waals surface area contributed by atoms with Crippen molar-refractivity contribution >= 4 is 18.3 Å². The van der Waals surface area contributed by atoms with E-state index in [0.29, 0.717) is 18.3 Å². The summed E-state index contributed by atoms with van der Waals surface area (Å²) in [5.74, 6) is 1.50. The highest BCUT2D eigenvalue weighted by molar-refractivity contribution is 5.85. The van der Waals surface area contributed by atoms with Crippen LogP contribution in [0.1, 0.15) is 38.3 Å². The Morgan fingerprint density at radius 2 is 2.00 bits per heavy atom. The van der Waals surface area contributed by atoms with Crippen LogP contribution in [-0.2, 0) is 4.79 Å². The van der Waals surface area contributed by atoms with E-state index in [-0.39, 0.29) is 24.4 Å². The molecule has 0 aromatic heterocycles. The van der Waals surface area contributed by atoms with Gasteiger partial charge in [0.1, 0.15) is 0 Å². The lowest BCUT2D eigenvalue weighted by atomic mass is 9.95. The molecule has 112 valence electrons. The Kier molecular flexibility index (Phi) is 6.50. The lowest BCUT2D eigenvalue weighted by Gasteiger charge is -2.20. The Balaban J connectivity index is 0.00000200. The van der Waals surface area contributed by atoms with Crippen molar-refractivity contribution in [3.63, 3.8) is 0 Å². The molecule has 0 aliphatic carbocycles. The zero-order chi connectivity index (χ0) is 13.8. The van der Waals surface area contributed by atoms with E-state index in [1.54, 1.807) is 0 Å². The fraction of sp³-hybridized carbons (Fsp3) is 0.562. The van der Waals surface area contributed by atoms with E-state index < -0.39 is 0 Å². The fourth-order valence-corrected chi connectivity index (χ4v) is 2.69. The number of halogens is 1. The molecule has 1 saturated heterocycles. The molecule has 2 unspecified atom stereocenters. The lowest BCUT2D eigenvalue weighted by Crippen LogP contribution is -2.32. The van der Waals surface area contributed by atoms with Crippen LogP contribution in [0.15, 0.2) is 30.3 Å². The van der Waals surface area contributed by atoms with E-state index in [4.69, 9.17) is 5.73 Å². The number of amides is 1. The summed E-state index contributed by atoms with van der Waals surface area (Å²) in [5.41, 5.74) is 7.15. The maximum absolute atomic E-state index is 12.2. The summed E-state index contributed by atoms with van der Waals surface area (Å²) >= 11 is 0. The first-order valence-electron chi connectivity index (χ1n) is 7.16. The lowest BCUT2D eigenvalue weighted by molar-refractivity contribution is -0.130. The molecule has 1 aromatic rings. The number of benzene rings is 1. The van der Waals surface area contributed by atoms with Gasteiger partial charge in [0.15, 0.2) is 0 Å². The number of hydrogen-bond acceptors (Lipinski definition) is 2. The average molecular weight is 297 g/mol. The van der Waals surface area contributed by atoms with Gasteiger partial charge < -0.3 is 10.6 Å². The molecule has 0 spiro atoms. The van der Waals surface area contributed by atoms with Gasteiger partial charge in [-0.2, -0.15) is 0 Å². The predicted octanol–water partition coefficient (Wildman–Crippen LogP) is 3.00. The van der Waals surface area contributed by atoms with Gasteiger partial charge in [-0.3, -0.25) is 4.79 Å². The molecular formula is C16H25ClN2O. The summed E-state index contributed by atoms with van der Waals surface area (Å²) in [5, 5.41) is 0. The molecule has 1 fully saturated rings. The van der Waals surface area contributed by atoms with Crippen LogP contribution >= 0.6 is 12.4 Å². The van der Waals surface area contributed by atoms with Gasteiger partial charge in [0, 0.05) is 25.6 Å². The number of carbonyl (C=O) groups is 1. The van der Waals surface area contributed by atoms with Crippen molar-refractivity contribution < 1.29 is 4.79 Å². The summed E-state index contributed by atoms with van der Waals surface area (Å²) in [4.78, 5) is 14.2. The standard InChI is InChI=1S/C16H24N2O.ClH/c1-12(2)14-8-9-18(11-14)16(19)10-15(17)13-6-4-3-5-7-13;/h3-7,12,14-15H,8-11,17H2,1-2H3;1H. The molecule has 3 nitrogen and oxygen atoms in total. The molecule has 0 bridgehead atoms. The normalized spacial score (nSPS) is 19.8. The van der Waals surface area contributed by atoms with Gasteiger partial charge in [0.25, 0.3) is 0 Å². The molecule has 2 atom stereocenters. The highest BCUT2D eigenvalue weighted by atomic mass is 35.5. The maximum Gasteiger partial charge on any atom is 0.224 e. The third-order valence-corrected chi connectivity index (χ3v) is 4.14. The van der Waals surface area contributed by atoms with Crippen molar-refractivity contribution in [1.29, 1.82) is 0 Å². The van der Waals surface area contributed by atoms with E-state index >= 15 is 0 Å². The van der Waals surface area contributed by atoms with Gasteiger partial charge in [-0.1, -0.05) is 44.2 Å². The van der Waals surface area contributed by atoms with Crippen LogP contribution in [0.4, 0.5) is 0 Å². The Morgan fingerprint density at radius 1 is 1.35 bits per heavy atom. The summed E-state index contributed by atoms with van der Waals surface area (Å²) in [6.07, 6.45) is 1.54. The highest BCUT2D eigenvalue weighted by Crippen LogP contribution is 2.25. The van der Waals surface area contributed by atoms with Crippen LogP contribution in [0.2, 0.25) is 0 Å². The molecule has 2 N–H and O–H groups in total. The van der Waals surface area contributed by atoms with E-state index in [1.165, 1.54) is 0 Å². The first-order valence-corrected chi connectivity index (χ1v) is 7.16. The SMILES string of the molecule is CC(C)C1CCN(C(=O)CC(N)c2ccccc2)C1.Cl. The molecule has 0 saturated carbocycles. The molecule has 1 amide bonds. The van der Waals surface area contributed by atoms with Crippen molar-refractivity contribution in [2.45, 2.75) is 32.7 Å². The molecule has 1 aromatic carbocycles. The number of hydrogen-bond donors (Lipinski definition) is 1. The predicted molar refractivity (Wildman–Crippen MR) is 84.8 cm³/mol. The van der Waals surface area contributed by atoms with Crippen molar-refractivity contribution in [3.8, 4) is 0 Å². The van der Waals surface area contributed by atoms with E-state index in [2.05, 4.69) is 13.8 Å². The topological polar surface area (TPSA) is 46.3 Å². The summed E-state index contributed by atoms with van der Waals surface area (Å²) < 4.78 is 0. The third kappa shape index (κ3) is 4.22. The zero-order valence-electron chi connectivity index (χ0n) is 12.3. The van der Waals surface area contributed by atoms with Crippen molar-refractivity contribution in [2.24, 2.45) is 17.6 Å². The molecule has 4 heteroatoms. The van der Waals surface area contributed by atoms with E-state index in [9.17, 15) is 4.79 Å². The van der Waals surface area contributed by atoms with Crippen LogP contribution in [0.25, 0.3) is 0 Å². The second-order valence-electron chi connectivity index (χ2n) is 5.85. The molecular weight excluding hydrogens is 272 g/mol.